The van der Waals surface area contributed by atoms with Crippen LogP contribution in [0.4, 0.5) is 24.0 Å². The molecule has 0 unspecified atom stereocenters. The van der Waals surface area contributed by atoms with Crippen LogP contribution in [0.1, 0.15) is 291 Å². The lowest BCUT2D eigenvalue weighted by atomic mass is 9.89. The largest absolute Gasteiger partial charge is 0.444 e. The van der Waals surface area contributed by atoms with Crippen molar-refractivity contribution in [2.24, 2.45) is 29.4 Å². The van der Waals surface area contributed by atoms with Crippen LogP contribution in [0, 0.1) is 23.7 Å². The summed E-state index contributed by atoms with van der Waals surface area (Å²) >= 11 is 0. The summed E-state index contributed by atoms with van der Waals surface area (Å²) in [5.74, 6) is -16.3. The van der Waals surface area contributed by atoms with Gasteiger partial charge in [0, 0.05) is 76.8 Å². The molecule has 1 saturated heterocycles. The Morgan fingerprint density at radius 2 is 0.810 bits per heavy atom. The van der Waals surface area contributed by atoms with E-state index in [2.05, 4.69) is 70.7 Å². The Hall–Kier alpha value is -9.58. The molecule has 0 aliphatic carbocycles. The molecule has 1 aliphatic heterocycles. The molecule has 0 spiro atoms. The van der Waals surface area contributed by atoms with Crippen molar-refractivity contribution in [3.05, 3.63) is 35.9 Å². The number of nitrogens with two attached hydrogens (primary N) is 1. The normalized spacial score (nSPS) is 19.7. The number of ketones is 4. The molecule has 13 atom stereocenters. The van der Waals surface area contributed by atoms with Gasteiger partial charge < -0.3 is 103 Å². The highest BCUT2D eigenvalue weighted by atomic mass is 16.6. The van der Waals surface area contributed by atoms with E-state index in [1.54, 1.807) is 134 Å². The van der Waals surface area contributed by atoms with E-state index in [1.165, 1.54) is 13.8 Å². The topological polar surface area (TPSA) is 530 Å². The van der Waals surface area contributed by atoms with E-state index >= 15 is 28.8 Å². The average molecular weight is 1790 g/mol. The predicted octanol–water partition coefficient (Wildman–Crippen LogP) is 8.12. The zero-order valence-electron chi connectivity index (χ0n) is 78.4. The predicted molar refractivity (Wildman–Crippen MR) is 473 cm³/mol. The van der Waals surface area contributed by atoms with Gasteiger partial charge in [0.15, 0.2) is 23.1 Å². The zero-order chi connectivity index (χ0) is 95.3. The first-order chi connectivity index (χ1) is 58.7. The van der Waals surface area contributed by atoms with Gasteiger partial charge >= 0.3 is 30.5 Å². The minimum Gasteiger partial charge on any atom is -0.444 e. The molecule has 1 heterocycles. The van der Waals surface area contributed by atoms with Crippen molar-refractivity contribution in [2.45, 2.75) is 375 Å². The summed E-state index contributed by atoms with van der Waals surface area (Å²) in [5, 5.41) is 54.6. The molecule has 1 aliphatic rings. The van der Waals surface area contributed by atoms with E-state index in [9.17, 15) is 58.2 Å². The molecular formula is C90H153N13O23. The van der Waals surface area contributed by atoms with Crippen molar-refractivity contribution < 1.29 is 111 Å². The second-order valence-electron chi connectivity index (χ2n) is 37.7. The fourth-order valence-electron chi connectivity index (χ4n) is 13.5. The summed E-state index contributed by atoms with van der Waals surface area (Å²) < 4.78 is 27.2. The van der Waals surface area contributed by atoms with Crippen molar-refractivity contribution in [1.29, 1.82) is 0 Å². The van der Waals surface area contributed by atoms with Crippen LogP contribution in [0.3, 0.4) is 0 Å². The van der Waals surface area contributed by atoms with Crippen LogP contribution in [0.5, 0.6) is 0 Å². The SMILES string of the molecule is CCCCCCCC[C@@H]1NC(=O)[C@@H](Cc2ccccc2)CC(=O)[C@H](CCNC(=O)OC(C)(C)C)NC(=O)[C@@H](CC(=O)[C@H](CCNC(=O)OC(C)(C)C)NC(=O)[C@@H](CC(=O)[C@H](CCNC(=O)OC(C)(C)C)NC(=O)[C@@H](N)CCCCCCCC)[C@@H](C)O)CCNC(=O)[C@H]([C@@H](C)O)CC(=O)[C@H](CCNC(=O)OC(C)(C)C)NC(=O)[C@H](CCNC(=O)OC(C)(C)C)NC1=O. The molecule has 36 heteroatoms. The third-order valence-corrected chi connectivity index (χ3v) is 20.1. The van der Waals surface area contributed by atoms with Gasteiger partial charge in [-0.2, -0.15) is 0 Å². The molecule has 1 aromatic carbocycles. The first-order valence-corrected chi connectivity index (χ1v) is 44.9. The Morgan fingerprint density at radius 1 is 0.437 bits per heavy atom. The summed E-state index contributed by atoms with van der Waals surface area (Å²) in [7, 11) is 0. The highest BCUT2D eigenvalue weighted by Crippen LogP contribution is 2.24. The quantitative estimate of drug-likeness (QED) is 0.0217. The second kappa shape index (κ2) is 56.6. The maximum Gasteiger partial charge on any atom is 0.407 e. The Kier molecular flexibility index (Phi) is 50.5. The standard InChI is InChI=1S/C90H153N13O23/c1-20-22-24-26-28-33-37-63(91)78(114)100-66(42-48-95-83(119)124-88(11,12)13)73(109)55-62(57(4)105)77(113)99-65(41-47-94-82(118)123-87(8,9)10)70(106)52-59-39-45-92-76(112)61(56(3)104)54-72(108)67(43-49-96-84(120)125-89(14,15)16)101-80(116)69(44-50-97-85(121)126-90(17,18)19)103-79(115)68(38-34-29-27-25-23-21-2)102-75(111)60(51-58-35-31-30-32-36-58)53-71(107)64(98-74(59)110)40-46-93-81(117)122-86(5,6)7/h30-32,35-36,56-57,59-69,104-105H,20-29,33-34,37-55,91H2,1-19H3,(H,92,112)(H,93,117)(H,94,118)(H,95,119)(H,96,120)(H,97,121)(H,98,110)(H,99,113)(H,100,114)(H,101,116)(H,102,111)(H,103,115)/t56-,57-,59-,60+,61+,62+,63+,64+,65+,66+,67+,68+,69+/m1/s1. The number of nitrogens with one attached hydrogen (secondary N) is 12. The minimum absolute atomic E-state index is 0.0180. The first kappa shape index (κ1) is 112. The number of carbonyl (C=O) groups excluding carboxylic acids is 16. The van der Waals surface area contributed by atoms with Crippen LogP contribution in [0.15, 0.2) is 30.3 Å². The summed E-state index contributed by atoms with van der Waals surface area (Å²) in [6.07, 6.45) is -3.33. The summed E-state index contributed by atoms with van der Waals surface area (Å²) in [5.41, 5.74) is 2.06. The van der Waals surface area contributed by atoms with E-state index in [0.29, 0.717) is 24.8 Å². The fourth-order valence-corrected chi connectivity index (χ4v) is 13.5. The zero-order valence-corrected chi connectivity index (χ0v) is 78.4. The number of Topliss-reactive ketones (excluding diaryl/α,β-unsaturated/α-hetero) is 4. The van der Waals surface area contributed by atoms with E-state index < -0.39 is 259 Å². The van der Waals surface area contributed by atoms with Gasteiger partial charge in [-0.1, -0.05) is 121 Å². The summed E-state index contributed by atoms with van der Waals surface area (Å²) in [6.45, 7) is 28.7. The van der Waals surface area contributed by atoms with Crippen LogP contribution < -0.4 is 69.5 Å². The lowest BCUT2D eigenvalue weighted by Gasteiger charge is -2.28. The number of alkyl carbamates (subject to hydrolysis) is 5. The van der Waals surface area contributed by atoms with Crippen molar-refractivity contribution in [3.8, 4) is 0 Å². The summed E-state index contributed by atoms with van der Waals surface area (Å²) in [6, 6.07) is -1.98. The van der Waals surface area contributed by atoms with Crippen LogP contribution in [-0.2, 0) is 82.8 Å². The summed E-state index contributed by atoms with van der Waals surface area (Å²) in [4.78, 5) is 231. The Morgan fingerprint density at radius 3 is 1.25 bits per heavy atom. The lowest BCUT2D eigenvalue weighted by Crippen LogP contribution is -2.57. The van der Waals surface area contributed by atoms with E-state index in [4.69, 9.17) is 29.4 Å². The molecule has 0 radical (unpaired) electrons. The Labute approximate surface area is 745 Å². The van der Waals surface area contributed by atoms with Crippen LogP contribution in [-0.4, -0.2) is 227 Å². The molecule has 716 valence electrons. The number of rotatable bonds is 43. The molecule has 36 nitrogen and oxygen atoms in total. The fraction of sp³-hybridized carbons (Fsp3) is 0.756. The van der Waals surface area contributed by atoms with Crippen molar-refractivity contribution in [3.63, 3.8) is 0 Å². The maximum absolute atomic E-state index is 15.6. The van der Waals surface area contributed by atoms with E-state index in [1.807, 2.05) is 6.92 Å². The molecule has 16 N–H and O–H groups in total. The lowest BCUT2D eigenvalue weighted by molar-refractivity contribution is -0.137. The van der Waals surface area contributed by atoms with Crippen LogP contribution >= 0.6 is 0 Å². The van der Waals surface area contributed by atoms with Crippen molar-refractivity contribution in [1.82, 2.24) is 63.8 Å². The molecular weight excluding hydrogens is 1630 g/mol. The number of hydrogen-bond donors (Lipinski definition) is 15. The highest BCUT2D eigenvalue weighted by molar-refractivity contribution is 5.99. The third-order valence-electron chi connectivity index (χ3n) is 20.1. The van der Waals surface area contributed by atoms with Gasteiger partial charge in [0.05, 0.1) is 54.3 Å². The number of aliphatic hydroxyl groups excluding tert-OH is 2. The van der Waals surface area contributed by atoms with Gasteiger partial charge in [-0.25, -0.2) is 24.0 Å². The maximum atomic E-state index is 15.6. The van der Waals surface area contributed by atoms with Crippen LogP contribution in [0.2, 0.25) is 0 Å². The first-order valence-electron chi connectivity index (χ1n) is 44.9. The molecule has 1 fully saturated rings. The van der Waals surface area contributed by atoms with Gasteiger partial charge in [0.25, 0.3) is 0 Å². The molecule has 0 bridgehead atoms. The Bertz CT molecular complexity index is 3640. The second-order valence-corrected chi connectivity index (χ2v) is 37.7. The molecule has 2 rings (SSSR count). The number of amides is 12. The van der Waals surface area contributed by atoms with Gasteiger partial charge in [0.2, 0.25) is 41.4 Å². The number of carbonyl (C=O) groups is 16. The monoisotopic (exact) mass is 1780 g/mol. The smallest absolute Gasteiger partial charge is 0.407 e. The third kappa shape index (κ3) is 50.1. The minimum atomic E-state index is -1.72. The average Bonchev–Trinajstić information content (AvgIpc) is 0.979. The molecule has 126 heavy (non-hydrogen) atoms. The van der Waals surface area contributed by atoms with Gasteiger partial charge in [0.1, 0.15) is 40.1 Å². The van der Waals surface area contributed by atoms with E-state index in [-0.39, 0.29) is 64.7 Å². The number of ether oxygens (including phenoxy) is 5. The molecule has 0 saturated carbocycles. The van der Waals surface area contributed by atoms with Gasteiger partial charge in [-0.3, -0.25) is 52.7 Å². The number of aliphatic hydroxyl groups is 2. The van der Waals surface area contributed by atoms with Gasteiger partial charge in [-0.15, -0.1) is 0 Å². The van der Waals surface area contributed by atoms with E-state index in [0.717, 1.165) is 57.8 Å². The molecule has 1 aromatic rings. The number of benzene rings is 1. The molecule has 12 amide bonds. The number of hydrogen-bond acceptors (Lipinski definition) is 24. The van der Waals surface area contributed by atoms with Crippen molar-refractivity contribution in [2.75, 3.05) is 39.3 Å². The van der Waals surface area contributed by atoms with Crippen molar-refractivity contribution >= 4 is 94.9 Å². The highest BCUT2D eigenvalue weighted by Gasteiger charge is 2.40. The Balaban J connectivity index is 3.16. The number of unbranched alkanes of at least 4 members (excludes halogenated alkanes) is 10. The molecule has 0 aromatic heterocycles. The van der Waals surface area contributed by atoms with Crippen LogP contribution in [0.25, 0.3) is 0 Å². The van der Waals surface area contributed by atoms with Gasteiger partial charge in [-0.05, 0) is 181 Å².